The van der Waals surface area contributed by atoms with Crippen molar-refractivity contribution in [3.05, 3.63) is 29.8 Å². The Kier molecular flexibility index (Phi) is 3.46. The molecule has 0 spiro atoms. The summed E-state index contributed by atoms with van der Waals surface area (Å²) in [5, 5.41) is 19.4. The summed E-state index contributed by atoms with van der Waals surface area (Å²) in [4.78, 5) is 2.29. The van der Waals surface area contributed by atoms with E-state index >= 15 is 0 Å². The van der Waals surface area contributed by atoms with E-state index in [1.54, 1.807) is 12.1 Å². The molecule has 1 saturated heterocycles. The molecule has 2 unspecified atom stereocenters. The van der Waals surface area contributed by atoms with Gasteiger partial charge in [-0.05, 0) is 43.6 Å². The van der Waals surface area contributed by atoms with Crippen molar-refractivity contribution in [1.82, 2.24) is 4.90 Å². The number of aliphatic hydroxyl groups is 1. The minimum atomic E-state index is -0.293. The van der Waals surface area contributed by atoms with E-state index in [4.69, 9.17) is 0 Å². The van der Waals surface area contributed by atoms with Gasteiger partial charge in [-0.15, -0.1) is 0 Å². The van der Waals surface area contributed by atoms with Crippen molar-refractivity contribution in [2.24, 2.45) is 0 Å². The van der Waals surface area contributed by atoms with Crippen molar-refractivity contribution in [2.75, 3.05) is 13.1 Å². The Labute approximate surface area is 96.3 Å². The normalized spacial score (nSPS) is 26.9. The monoisotopic (exact) mass is 221 g/mol. The molecular weight excluding hydrogens is 202 g/mol. The van der Waals surface area contributed by atoms with Crippen molar-refractivity contribution >= 4 is 0 Å². The summed E-state index contributed by atoms with van der Waals surface area (Å²) in [5.74, 6) is 0.275. The summed E-state index contributed by atoms with van der Waals surface area (Å²) in [5.41, 5.74) is 1.09. The van der Waals surface area contributed by atoms with Gasteiger partial charge in [0.05, 0.1) is 12.1 Å². The van der Waals surface area contributed by atoms with E-state index in [1.807, 2.05) is 12.1 Å². The molecule has 2 rings (SSSR count). The molecule has 2 atom stereocenters. The third-order valence-electron chi connectivity index (χ3n) is 3.34. The number of aromatic hydroxyl groups is 1. The van der Waals surface area contributed by atoms with Crippen LogP contribution in [0.5, 0.6) is 5.75 Å². The maximum atomic E-state index is 10.1. The fraction of sp³-hybridized carbons (Fsp3) is 0.538. The van der Waals surface area contributed by atoms with Gasteiger partial charge in [-0.2, -0.15) is 0 Å². The molecule has 0 aliphatic carbocycles. The minimum absolute atomic E-state index is 0.0827. The molecule has 1 aliphatic heterocycles. The zero-order chi connectivity index (χ0) is 11.5. The number of piperidine rings is 1. The van der Waals surface area contributed by atoms with Crippen molar-refractivity contribution in [3.63, 3.8) is 0 Å². The zero-order valence-electron chi connectivity index (χ0n) is 9.63. The van der Waals surface area contributed by atoms with Gasteiger partial charge in [-0.25, -0.2) is 0 Å². The summed E-state index contributed by atoms with van der Waals surface area (Å²) >= 11 is 0. The van der Waals surface area contributed by atoms with Gasteiger partial charge in [0.15, 0.2) is 0 Å². The SMILES string of the molecule is CCN1CCCC(O)C1c1ccc(O)cc1. The molecule has 0 bridgehead atoms. The van der Waals surface area contributed by atoms with E-state index in [0.717, 1.165) is 31.5 Å². The Hall–Kier alpha value is -1.06. The van der Waals surface area contributed by atoms with Crippen LogP contribution in [0.4, 0.5) is 0 Å². The Morgan fingerprint density at radius 3 is 2.62 bits per heavy atom. The molecule has 0 amide bonds. The van der Waals surface area contributed by atoms with Crippen LogP contribution in [0, 0.1) is 0 Å². The number of likely N-dealkylation sites (tertiary alicyclic amines) is 1. The quantitative estimate of drug-likeness (QED) is 0.801. The van der Waals surface area contributed by atoms with Crippen molar-refractivity contribution in [1.29, 1.82) is 0 Å². The van der Waals surface area contributed by atoms with Crippen LogP contribution in [-0.2, 0) is 0 Å². The molecular formula is C13H19NO2. The highest BCUT2D eigenvalue weighted by molar-refractivity contribution is 5.29. The molecule has 1 heterocycles. The number of aliphatic hydroxyl groups excluding tert-OH is 1. The molecule has 3 nitrogen and oxygen atoms in total. The van der Waals surface area contributed by atoms with Crippen LogP contribution in [-0.4, -0.2) is 34.3 Å². The van der Waals surface area contributed by atoms with Gasteiger partial charge in [0.1, 0.15) is 5.75 Å². The van der Waals surface area contributed by atoms with Gasteiger partial charge in [-0.1, -0.05) is 19.1 Å². The number of likely N-dealkylation sites (N-methyl/N-ethyl adjacent to an activating group) is 1. The van der Waals surface area contributed by atoms with Crippen LogP contribution in [0.1, 0.15) is 31.4 Å². The summed E-state index contributed by atoms with van der Waals surface area (Å²) in [6.45, 7) is 4.10. The van der Waals surface area contributed by atoms with Crippen LogP contribution in [0.3, 0.4) is 0 Å². The molecule has 3 heteroatoms. The Morgan fingerprint density at radius 1 is 1.31 bits per heavy atom. The number of phenols is 1. The second kappa shape index (κ2) is 4.85. The van der Waals surface area contributed by atoms with Crippen molar-refractivity contribution in [2.45, 2.75) is 31.9 Å². The molecule has 16 heavy (non-hydrogen) atoms. The maximum Gasteiger partial charge on any atom is 0.115 e. The second-order valence-electron chi connectivity index (χ2n) is 4.37. The van der Waals surface area contributed by atoms with Gasteiger partial charge in [0.2, 0.25) is 0 Å². The third kappa shape index (κ3) is 2.20. The van der Waals surface area contributed by atoms with E-state index in [-0.39, 0.29) is 17.9 Å². The molecule has 0 aromatic heterocycles. The highest BCUT2D eigenvalue weighted by Crippen LogP contribution is 2.31. The molecule has 1 aromatic rings. The fourth-order valence-corrected chi connectivity index (χ4v) is 2.50. The molecule has 1 fully saturated rings. The van der Waals surface area contributed by atoms with Crippen LogP contribution in [0.15, 0.2) is 24.3 Å². The predicted octanol–water partition coefficient (Wildman–Crippen LogP) is 1.91. The first-order chi connectivity index (χ1) is 7.72. The summed E-state index contributed by atoms with van der Waals surface area (Å²) in [6, 6.07) is 7.25. The smallest absolute Gasteiger partial charge is 0.115 e. The zero-order valence-corrected chi connectivity index (χ0v) is 9.63. The number of hydrogen-bond acceptors (Lipinski definition) is 3. The van der Waals surface area contributed by atoms with E-state index in [9.17, 15) is 10.2 Å². The van der Waals surface area contributed by atoms with Gasteiger partial charge in [-0.3, -0.25) is 4.90 Å². The largest absolute Gasteiger partial charge is 0.508 e. The Balaban J connectivity index is 2.24. The Morgan fingerprint density at radius 2 is 2.00 bits per heavy atom. The van der Waals surface area contributed by atoms with Crippen molar-refractivity contribution < 1.29 is 10.2 Å². The van der Waals surface area contributed by atoms with Crippen LogP contribution in [0.25, 0.3) is 0 Å². The predicted molar refractivity (Wildman–Crippen MR) is 63.3 cm³/mol. The number of nitrogens with zero attached hydrogens (tertiary/aromatic N) is 1. The minimum Gasteiger partial charge on any atom is -0.508 e. The van der Waals surface area contributed by atoms with E-state index in [0.29, 0.717) is 0 Å². The first-order valence-corrected chi connectivity index (χ1v) is 5.93. The lowest BCUT2D eigenvalue weighted by Crippen LogP contribution is -2.41. The molecule has 0 saturated carbocycles. The van der Waals surface area contributed by atoms with E-state index in [1.165, 1.54) is 0 Å². The first kappa shape index (κ1) is 11.4. The van der Waals surface area contributed by atoms with Gasteiger partial charge in [0, 0.05) is 0 Å². The lowest BCUT2D eigenvalue weighted by Gasteiger charge is -2.38. The van der Waals surface area contributed by atoms with Gasteiger partial charge in [0.25, 0.3) is 0 Å². The number of phenolic OH excluding ortho intramolecular Hbond substituents is 1. The topological polar surface area (TPSA) is 43.7 Å². The van der Waals surface area contributed by atoms with Crippen LogP contribution in [0.2, 0.25) is 0 Å². The molecule has 0 radical (unpaired) electrons. The van der Waals surface area contributed by atoms with E-state index in [2.05, 4.69) is 11.8 Å². The van der Waals surface area contributed by atoms with Gasteiger partial charge < -0.3 is 10.2 Å². The third-order valence-corrected chi connectivity index (χ3v) is 3.34. The van der Waals surface area contributed by atoms with Crippen LogP contribution >= 0.6 is 0 Å². The lowest BCUT2D eigenvalue weighted by atomic mass is 9.92. The summed E-state index contributed by atoms with van der Waals surface area (Å²) < 4.78 is 0. The molecule has 88 valence electrons. The first-order valence-electron chi connectivity index (χ1n) is 5.93. The standard InChI is InChI=1S/C13H19NO2/c1-2-14-9-3-4-12(16)13(14)10-5-7-11(15)8-6-10/h5-8,12-13,15-16H,2-4,9H2,1H3. The maximum absolute atomic E-state index is 10.1. The average molecular weight is 221 g/mol. The highest BCUT2D eigenvalue weighted by Gasteiger charge is 2.30. The molecule has 1 aliphatic rings. The molecule has 1 aromatic carbocycles. The highest BCUT2D eigenvalue weighted by atomic mass is 16.3. The summed E-state index contributed by atoms with van der Waals surface area (Å²) in [6.07, 6.45) is 1.63. The van der Waals surface area contributed by atoms with E-state index < -0.39 is 0 Å². The fourth-order valence-electron chi connectivity index (χ4n) is 2.50. The second-order valence-corrected chi connectivity index (χ2v) is 4.37. The summed E-state index contributed by atoms with van der Waals surface area (Å²) in [7, 11) is 0. The average Bonchev–Trinajstić information content (AvgIpc) is 2.30. The number of rotatable bonds is 2. The van der Waals surface area contributed by atoms with Crippen molar-refractivity contribution in [3.8, 4) is 5.75 Å². The molecule has 2 N–H and O–H groups in total. The Bertz CT molecular complexity index is 336. The van der Waals surface area contributed by atoms with Crippen LogP contribution < -0.4 is 0 Å². The van der Waals surface area contributed by atoms with Gasteiger partial charge >= 0.3 is 0 Å². The number of benzene rings is 1. The lowest BCUT2D eigenvalue weighted by molar-refractivity contribution is 0.0126. The number of hydrogen-bond donors (Lipinski definition) is 2.